The number of halogens is 7. The second kappa shape index (κ2) is 4.85. The van der Waals surface area contributed by atoms with Crippen LogP contribution in [0.3, 0.4) is 0 Å². The number of carbonyl (C=O) groups excluding carboxylic acids is 1. The summed E-state index contributed by atoms with van der Waals surface area (Å²) in [6.07, 6.45) is -12.0. The Morgan fingerprint density at radius 1 is 1.19 bits per heavy atom. The molecule has 1 unspecified atom stereocenters. The predicted octanol–water partition coefficient (Wildman–Crippen LogP) is 0.926. The monoisotopic (exact) mass is 257 g/mol. The second-order valence-electron chi connectivity index (χ2n) is 2.68. The van der Waals surface area contributed by atoms with Gasteiger partial charge in [-0.1, -0.05) is 0 Å². The maximum absolute atomic E-state index is 12.2. The van der Waals surface area contributed by atoms with Gasteiger partial charge in [0.15, 0.2) is 0 Å². The average Bonchev–Trinajstić information content (AvgIpc) is 2.11. The molecule has 0 aromatic heterocycles. The van der Waals surface area contributed by atoms with Gasteiger partial charge in [-0.25, -0.2) is 8.78 Å². The van der Waals surface area contributed by atoms with Crippen molar-refractivity contribution < 1.29 is 40.6 Å². The summed E-state index contributed by atoms with van der Waals surface area (Å²) in [5, 5.41) is 9.22. The van der Waals surface area contributed by atoms with Gasteiger partial charge in [0.2, 0.25) is 0 Å². The molecule has 0 fully saturated rings. The molecule has 16 heavy (non-hydrogen) atoms. The van der Waals surface area contributed by atoms with Crippen LogP contribution in [-0.4, -0.2) is 42.2 Å². The first-order valence-corrected chi connectivity index (χ1v) is 3.69. The minimum atomic E-state index is -6.12. The summed E-state index contributed by atoms with van der Waals surface area (Å²) in [5.41, 5.74) is 0. The SMILES string of the molecule is O=C(NCC(O)C(F)F)C(F)(F)C(F)(F)F. The summed E-state index contributed by atoms with van der Waals surface area (Å²) in [4.78, 5) is 10.3. The highest BCUT2D eigenvalue weighted by Crippen LogP contribution is 2.35. The maximum atomic E-state index is 12.2. The Bertz CT molecular complexity index is 252. The molecule has 0 aliphatic carbocycles. The molecule has 0 aromatic carbocycles. The zero-order valence-corrected chi connectivity index (χ0v) is 7.36. The van der Waals surface area contributed by atoms with Crippen molar-refractivity contribution in [3.63, 3.8) is 0 Å². The summed E-state index contributed by atoms with van der Waals surface area (Å²) in [5.74, 6) is -8.48. The normalized spacial score (nSPS) is 15.1. The van der Waals surface area contributed by atoms with Crippen LogP contribution in [0.15, 0.2) is 0 Å². The van der Waals surface area contributed by atoms with Gasteiger partial charge in [-0.2, -0.15) is 22.0 Å². The molecule has 1 amide bonds. The molecule has 0 saturated carbocycles. The van der Waals surface area contributed by atoms with Gasteiger partial charge in [0.05, 0.1) is 0 Å². The second-order valence-corrected chi connectivity index (χ2v) is 2.68. The molecule has 2 N–H and O–H groups in total. The molecule has 0 aliphatic rings. The fourth-order valence-corrected chi connectivity index (χ4v) is 0.526. The highest BCUT2D eigenvalue weighted by Gasteiger charge is 2.63. The predicted molar refractivity (Wildman–Crippen MR) is 36.0 cm³/mol. The van der Waals surface area contributed by atoms with Crippen LogP contribution in [0.2, 0.25) is 0 Å². The van der Waals surface area contributed by atoms with Gasteiger partial charge in [0.1, 0.15) is 6.10 Å². The molecule has 0 rings (SSSR count). The number of rotatable bonds is 4. The molecule has 0 bridgehead atoms. The van der Waals surface area contributed by atoms with E-state index in [0.717, 1.165) is 5.32 Å². The van der Waals surface area contributed by atoms with Crippen molar-refractivity contribution in [1.82, 2.24) is 5.32 Å². The Balaban J connectivity index is 4.38. The largest absolute Gasteiger partial charge is 0.463 e. The quantitative estimate of drug-likeness (QED) is 0.736. The summed E-state index contributed by atoms with van der Waals surface area (Å²) in [6, 6.07) is 0. The molecule has 96 valence electrons. The van der Waals surface area contributed by atoms with Crippen molar-refractivity contribution in [1.29, 1.82) is 0 Å². The van der Waals surface area contributed by atoms with Gasteiger partial charge >= 0.3 is 12.1 Å². The first kappa shape index (κ1) is 14.9. The number of nitrogens with one attached hydrogen (secondary N) is 1. The third-order valence-electron chi connectivity index (χ3n) is 1.40. The van der Waals surface area contributed by atoms with E-state index >= 15 is 0 Å². The Kier molecular flexibility index (Phi) is 4.53. The van der Waals surface area contributed by atoms with Crippen LogP contribution in [0.4, 0.5) is 30.7 Å². The summed E-state index contributed by atoms with van der Waals surface area (Å²) in [7, 11) is 0. The number of hydrogen-bond donors (Lipinski definition) is 2. The van der Waals surface area contributed by atoms with E-state index in [9.17, 15) is 35.5 Å². The molecule has 10 heteroatoms. The number of hydrogen-bond acceptors (Lipinski definition) is 2. The number of carbonyl (C=O) groups is 1. The van der Waals surface area contributed by atoms with Crippen LogP contribution in [0.5, 0.6) is 0 Å². The molecule has 0 aromatic rings. The highest BCUT2D eigenvalue weighted by atomic mass is 19.4. The molecular formula is C6H6F7NO2. The standard InChI is InChI=1S/C6H6F7NO2/c7-3(8)2(15)1-14-4(16)5(9,10)6(11,12)13/h2-3,15H,1H2,(H,14,16). The number of aliphatic hydroxyl groups excluding tert-OH is 1. The van der Waals surface area contributed by atoms with Gasteiger partial charge in [0, 0.05) is 6.54 Å². The van der Waals surface area contributed by atoms with Crippen molar-refractivity contribution in [2.75, 3.05) is 6.54 Å². The van der Waals surface area contributed by atoms with Crippen molar-refractivity contribution in [3.05, 3.63) is 0 Å². The van der Waals surface area contributed by atoms with Crippen molar-refractivity contribution >= 4 is 5.91 Å². The van der Waals surface area contributed by atoms with Crippen molar-refractivity contribution in [3.8, 4) is 0 Å². The fourth-order valence-electron chi connectivity index (χ4n) is 0.526. The first-order chi connectivity index (χ1) is 7.00. The van der Waals surface area contributed by atoms with Gasteiger partial charge in [-0.15, -0.1) is 0 Å². The van der Waals surface area contributed by atoms with Gasteiger partial charge in [-0.3, -0.25) is 4.79 Å². The lowest BCUT2D eigenvalue weighted by Crippen LogP contribution is -2.52. The summed E-state index contributed by atoms with van der Waals surface area (Å²) in [6.45, 7) is -1.40. The molecule has 0 radical (unpaired) electrons. The summed E-state index contributed by atoms with van der Waals surface area (Å²) < 4.78 is 82.2. The molecule has 3 nitrogen and oxygen atoms in total. The van der Waals surface area contributed by atoms with E-state index in [1.807, 2.05) is 0 Å². The fraction of sp³-hybridized carbons (Fsp3) is 0.833. The lowest BCUT2D eigenvalue weighted by Gasteiger charge is -2.19. The molecule has 0 saturated heterocycles. The van der Waals surface area contributed by atoms with Crippen LogP contribution in [0, 0.1) is 0 Å². The molecular weight excluding hydrogens is 251 g/mol. The Hall–Kier alpha value is -1.06. The van der Waals surface area contributed by atoms with E-state index < -0.39 is 37.1 Å². The minimum absolute atomic E-state index is 0.872. The molecule has 0 spiro atoms. The third-order valence-corrected chi connectivity index (χ3v) is 1.40. The lowest BCUT2D eigenvalue weighted by molar-refractivity contribution is -0.269. The van der Waals surface area contributed by atoms with Crippen LogP contribution in [0.1, 0.15) is 0 Å². The van der Waals surface area contributed by atoms with E-state index in [4.69, 9.17) is 5.11 Å². The summed E-state index contributed by atoms with van der Waals surface area (Å²) >= 11 is 0. The average molecular weight is 257 g/mol. The van der Waals surface area contributed by atoms with E-state index in [-0.39, 0.29) is 0 Å². The van der Waals surface area contributed by atoms with Crippen LogP contribution in [-0.2, 0) is 4.79 Å². The Morgan fingerprint density at radius 3 is 1.94 bits per heavy atom. The lowest BCUT2D eigenvalue weighted by atomic mass is 10.3. The van der Waals surface area contributed by atoms with Gasteiger partial charge < -0.3 is 10.4 Å². The van der Waals surface area contributed by atoms with E-state index in [0.29, 0.717) is 0 Å². The molecule has 1 atom stereocenters. The minimum Gasteiger partial charge on any atom is -0.385 e. The Morgan fingerprint density at radius 2 is 1.62 bits per heavy atom. The third kappa shape index (κ3) is 3.51. The smallest absolute Gasteiger partial charge is 0.385 e. The van der Waals surface area contributed by atoms with E-state index in [2.05, 4.69) is 0 Å². The first-order valence-electron chi connectivity index (χ1n) is 3.69. The number of amides is 1. The Labute approximate surface area is 84.2 Å². The highest BCUT2D eigenvalue weighted by molar-refractivity contribution is 5.84. The zero-order valence-electron chi connectivity index (χ0n) is 7.36. The van der Waals surface area contributed by atoms with Crippen LogP contribution in [0.25, 0.3) is 0 Å². The van der Waals surface area contributed by atoms with Crippen LogP contribution >= 0.6 is 0 Å². The number of alkyl halides is 7. The van der Waals surface area contributed by atoms with Gasteiger partial charge in [0.25, 0.3) is 12.3 Å². The topological polar surface area (TPSA) is 49.3 Å². The van der Waals surface area contributed by atoms with E-state index in [1.165, 1.54) is 0 Å². The zero-order chi connectivity index (χ0) is 13.1. The number of aliphatic hydroxyl groups is 1. The maximum Gasteiger partial charge on any atom is 0.463 e. The van der Waals surface area contributed by atoms with Gasteiger partial charge in [-0.05, 0) is 0 Å². The molecule has 0 heterocycles. The van der Waals surface area contributed by atoms with Crippen LogP contribution < -0.4 is 5.32 Å². The molecule has 0 aliphatic heterocycles. The van der Waals surface area contributed by atoms with Crippen molar-refractivity contribution in [2.24, 2.45) is 0 Å². The van der Waals surface area contributed by atoms with E-state index in [1.54, 1.807) is 0 Å². The van der Waals surface area contributed by atoms with Crippen molar-refractivity contribution in [2.45, 2.75) is 24.6 Å².